The molecule has 0 saturated carbocycles. The monoisotopic (exact) mass is 196 g/mol. The third-order valence-electron chi connectivity index (χ3n) is 2.18. The van der Waals surface area contributed by atoms with Gasteiger partial charge in [0.25, 0.3) is 0 Å². The highest BCUT2D eigenvalue weighted by Gasteiger charge is 2.18. The SMILES string of the molecule is CCCCC(C(=O)O)n1ccc(C)n1. The Labute approximate surface area is 83.5 Å². The van der Waals surface area contributed by atoms with Crippen LogP contribution in [0.15, 0.2) is 12.3 Å². The first-order valence-corrected chi connectivity index (χ1v) is 4.89. The van der Waals surface area contributed by atoms with Gasteiger partial charge in [0, 0.05) is 6.20 Å². The Bertz CT molecular complexity index is 307. The normalized spacial score (nSPS) is 12.7. The largest absolute Gasteiger partial charge is 0.480 e. The van der Waals surface area contributed by atoms with Crippen LogP contribution in [0.3, 0.4) is 0 Å². The molecule has 4 nitrogen and oxygen atoms in total. The number of aliphatic carboxylic acids is 1. The standard InChI is InChI=1S/C10H16N2O2/c1-3-4-5-9(10(13)14)12-7-6-8(2)11-12/h6-7,9H,3-5H2,1-2H3,(H,13,14). The van der Waals surface area contributed by atoms with Crippen LogP contribution in [0.25, 0.3) is 0 Å². The van der Waals surface area contributed by atoms with E-state index in [0.29, 0.717) is 6.42 Å². The van der Waals surface area contributed by atoms with Crippen LogP contribution in [0, 0.1) is 6.92 Å². The second kappa shape index (κ2) is 4.79. The molecule has 0 saturated heterocycles. The van der Waals surface area contributed by atoms with Crippen molar-refractivity contribution < 1.29 is 9.90 Å². The van der Waals surface area contributed by atoms with Gasteiger partial charge in [0.15, 0.2) is 0 Å². The second-order valence-electron chi connectivity index (χ2n) is 3.43. The molecule has 0 aliphatic heterocycles. The summed E-state index contributed by atoms with van der Waals surface area (Å²) in [6.45, 7) is 3.91. The van der Waals surface area contributed by atoms with Gasteiger partial charge in [0.05, 0.1) is 5.69 Å². The topological polar surface area (TPSA) is 55.1 Å². The molecule has 1 atom stereocenters. The van der Waals surface area contributed by atoms with Crippen molar-refractivity contribution in [3.8, 4) is 0 Å². The number of aromatic nitrogens is 2. The number of rotatable bonds is 5. The maximum atomic E-state index is 11.0. The van der Waals surface area contributed by atoms with E-state index < -0.39 is 12.0 Å². The quantitative estimate of drug-likeness (QED) is 0.783. The van der Waals surface area contributed by atoms with E-state index in [1.54, 1.807) is 6.20 Å². The Kier molecular flexibility index (Phi) is 3.68. The third-order valence-corrected chi connectivity index (χ3v) is 2.18. The molecule has 4 heteroatoms. The fraction of sp³-hybridized carbons (Fsp3) is 0.600. The van der Waals surface area contributed by atoms with Gasteiger partial charge in [-0.3, -0.25) is 4.68 Å². The van der Waals surface area contributed by atoms with Crippen LogP contribution in [0.2, 0.25) is 0 Å². The van der Waals surface area contributed by atoms with Gasteiger partial charge >= 0.3 is 5.97 Å². The second-order valence-corrected chi connectivity index (χ2v) is 3.43. The van der Waals surface area contributed by atoms with Crippen LogP contribution in [-0.4, -0.2) is 20.9 Å². The summed E-state index contributed by atoms with van der Waals surface area (Å²) in [6.07, 6.45) is 4.29. The number of hydrogen-bond donors (Lipinski definition) is 1. The zero-order valence-corrected chi connectivity index (χ0v) is 8.60. The van der Waals surface area contributed by atoms with Crippen LogP contribution in [-0.2, 0) is 4.79 Å². The minimum atomic E-state index is -0.804. The summed E-state index contributed by atoms with van der Waals surface area (Å²) in [6, 6.07) is 1.31. The molecule has 78 valence electrons. The van der Waals surface area contributed by atoms with E-state index in [-0.39, 0.29) is 0 Å². The van der Waals surface area contributed by atoms with Crippen molar-refractivity contribution in [2.24, 2.45) is 0 Å². The summed E-state index contributed by atoms with van der Waals surface area (Å²) in [5, 5.41) is 13.1. The van der Waals surface area contributed by atoms with Crippen molar-refractivity contribution in [3.63, 3.8) is 0 Å². The van der Waals surface area contributed by atoms with Gasteiger partial charge in [-0.1, -0.05) is 19.8 Å². The lowest BCUT2D eigenvalue weighted by atomic mass is 10.1. The van der Waals surface area contributed by atoms with Gasteiger partial charge in [-0.15, -0.1) is 0 Å². The summed E-state index contributed by atoms with van der Waals surface area (Å²) >= 11 is 0. The highest BCUT2D eigenvalue weighted by atomic mass is 16.4. The van der Waals surface area contributed by atoms with E-state index in [0.717, 1.165) is 18.5 Å². The molecule has 1 unspecified atom stereocenters. The number of aryl methyl sites for hydroxylation is 1. The molecule has 0 aliphatic rings. The predicted octanol–water partition coefficient (Wildman–Crippen LogP) is 2.01. The summed E-state index contributed by atoms with van der Waals surface area (Å²) in [7, 11) is 0. The molecule has 0 amide bonds. The van der Waals surface area contributed by atoms with Crippen molar-refractivity contribution in [1.82, 2.24) is 9.78 Å². The number of carboxylic acids is 1. The molecule has 0 bridgehead atoms. The van der Waals surface area contributed by atoms with E-state index in [1.807, 2.05) is 19.9 Å². The average molecular weight is 196 g/mol. The smallest absolute Gasteiger partial charge is 0.328 e. The molecule has 0 aliphatic carbocycles. The first-order valence-electron chi connectivity index (χ1n) is 4.89. The van der Waals surface area contributed by atoms with Crippen LogP contribution >= 0.6 is 0 Å². The van der Waals surface area contributed by atoms with Crippen molar-refractivity contribution in [2.75, 3.05) is 0 Å². The van der Waals surface area contributed by atoms with Crippen LogP contribution in [0.5, 0.6) is 0 Å². The van der Waals surface area contributed by atoms with E-state index in [9.17, 15) is 4.79 Å². The lowest BCUT2D eigenvalue weighted by Gasteiger charge is -2.11. The Hall–Kier alpha value is -1.32. The number of unbranched alkanes of at least 4 members (excludes halogenated alkanes) is 1. The number of nitrogens with zero attached hydrogens (tertiary/aromatic N) is 2. The average Bonchev–Trinajstić information content (AvgIpc) is 2.52. The highest BCUT2D eigenvalue weighted by Crippen LogP contribution is 2.14. The summed E-state index contributed by atoms with van der Waals surface area (Å²) < 4.78 is 1.54. The first-order chi connectivity index (χ1) is 6.65. The van der Waals surface area contributed by atoms with Crippen molar-refractivity contribution >= 4 is 5.97 Å². The van der Waals surface area contributed by atoms with Crippen molar-refractivity contribution in [2.45, 2.75) is 39.2 Å². The van der Waals surface area contributed by atoms with E-state index in [2.05, 4.69) is 5.10 Å². The highest BCUT2D eigenvalue weighted by molar-refractivity contribution is 5.71. The summed E-state index contributed by atoms with van der Waals surface area (Å²) in [4.78, 5) is 11.0. The van der Waals surface area contributed by atoms with Crippen LogP contribution < -0.4 is 0 Å². The molecule has 0 aromatic carbocycles. The van der Waals surface area contributed by atoms with Gasteiger partial charge in [-0.05, 0) is 19.4 Å². The molecule has 14 heavy (non-hydrogen) atoms. The molecule has 1 heterocycles. The number of carboxylic acid groups (broad SMARTS) is 1. The molecule has 1 N–H and O–H groups in total. The Balaban J connectivity index is 2.72. The van der Waals surface area contributed by atoms with E-state index >= 15 is 0 Å². The van der Waals surface area contributed by atoms with Crippen LogP contribution in [0.1, 0.15) is 37.9 Å². The number of hydrogen-bond acceptors (Lipinski definition) is 2. The van der Waals surface area contributed by atoms with Crippen LogP contribution in [0.4, 0.5) is 0 Å². The van der Waals surface area contributed by atoms with Crippen molar-refractivity contribution in [3.05, 3.63) is 18.0 Å². The molecular formula is C10H16N2O2. The molecule has 0 fully saturated rings. The lowest BCUT2D eigenvalue weighted by molar-refractivity contribution is -0.141. The van der Waals surface area contributed by atoms with Gasteiger partial charge in [-0.25, -0.2) is 4.79 Å². The zero-order valence-electron chi connectivity index (χ0n) is 8.60. The minimum Gasteiger partial charge on any atom is -0.480 e. The Morgan fingerprint density at radius 3 is 2.86 bits per heavy atom. The third kappa shape index (κ3) is 2.58. The minimum absolute atomic E-state index is 0.511. The van der Waals surface area contributed by atoms with Gasteiger partial charge in [-0.2, -0.15) is 5.10 Å². The Morgan fingerprint density at radius 1 is 1.71 bits per heavy atom. The molecule has 1 aromatic rings. The Morgan fingerprint density at radius 2 is 2.43 bits per heavy atom. The fourth-order valence-electron chi connectivity index (χ4n) is 1.37. The fourth-order valence-corrected chi connectivity index (χ4v) is 1.37. The molecule has 0 radical (unpaired) electrons. The lowest BCUT2D eigenvalue weighted by Crippen LogP contribution is -2.19. The van der Waals surface area contributed by atoms with Gasteiger partial charge in [0.2, 0.25) is 0 Å². The summed E-state index contributed by atoms with van der Waals surface area (Å²) in [5.41, 5.74) is 0.854. The van der Waals surface area contributed by atoms with Gasteiger partial charge in [0.1, 0.15) is 6.04 Å². The van der Waals surface area contributed by atoms with E-state index in [1.165, 1.54) is 4.68 Å². The first kappa shape index (κ1) is 10.8. The molecular weight excluding hydrogens is 180 g/mol. The molecule has 1 aromatic heterocycles. The predicted molar refractivity (Wildman–Crippen MR) is 53.2 cm³/mol. The maximum absolute atomic E-state index is 11.0. The zero-order chi connectivity index (χ0) is 10.6. The van der Waals surface area contributed by atoms with Gasteiger partial charge < -0.3 is 5.11 Å². The number of carbonyl (C=O) groups is 1. The summed E-state index contributed by atoms with van der Waals surface area (Å²) in [5.74, 6) is -0.804. The molecule has 0 spiro atoms. The van der Waals surface area contributed by atoms with E-state index in [4.69, 9.17) is 5.11 Å². The molecule has 1 rings (SSSR count). The maximum Gasteiger partial charge on any atom is 0.328 e. The van der Waals surface area contributed by atoms with Crippen molar-refractivity contribution in [1.29, 1.82) is 0 Å².